The van der Waals surface area contributed by atoms with Crippen molar-refractivity contribution in [2.45, 2.75) is 0 Å². The standard InChI is InChI=1S/C20H14Cl3N5O4/c1-31-13-7-10(4-5-12(13)32-20(30)11-3-2-6-25-9-11)8-26-28-19(29)17-14(21)16(24)15(22)18(23)27-17/h2-9H,1H3,(H2,24,27)(H,28,29)/b26-8+. The fraction of sp³-hybridized carbons (Fsp3) is 0.0500. The Balaban J connectivity index is 1.71. The van der Waals surface area contributed by atoms with Crippen LogP contribution in [0.5, 0.6) is 11.5 Å². The molecule has 3 rings (SSSR count). The summed E-state index contributed by atoms with van der Waals surface area (Å²) in [6.45, 7) is 0. The minimum absolute atomic E-state index is 0.0480. The number of pyridine rings is 2. The third-order valence-corrected chi connectivity index (χ3v) is 5.09. The number of hydrazone groups is 1. The van der Waals surface area contributed by atoms with Crippen LogP contribution in [0.15, 0.2) is 47.8 Å². The summed E-state index contributed by atoms with van der Waals surface area (Å²) in [6.07, 6.45) is 4.27. The molecule has 9 nitrogen and oxygen atoms in total. The van der Waals surface area contributed by atoms with Gasteiger partial charge in [0, 0.05) is 12.4 Å². The fourth-order valence-electron chi connectivity index (χ4n) is 2.39. The Morgan fingerprint density at radius 1 is 1.16 bits per heavy atom. The maximum Gasteiger partial charge on any atom is 0.345 e. The summed E-state index contributed by atoms with van der Waals surface area (Å²) in [5.74, 6) is -0.856. The maximum absolute atomic E-state index is 12.3. The second-order valence-electron chi connectivity index (χ2n) is 6.03. The third-order valence-electron chi connectivity index (χ3n) is 3.95. The van der Waals surface area contributed by atoms with E-state index in [0.717, 1.165) is 0 Å². The third kappa shape index (κ3) is 5.25. The van der Waals surface area contributed by atoms with Gasteiger partial charge in [-0.2, -0.15) is 5.10 Å². The highest BCUT2D eigenvalue weighted by molar-refractivity contribution is 6.46. The molecule has 1 aromatic carbocycles. The van der Waals surface area contributed by atoms with Gasteiger partial charge in [0.25, 0.3) is 5.91 Å². The SMILES string of the molecule is COc1cc(/C=N/NC(=O)c2nc(Cl)c(Cl)c(N)c2Cl)ccc1OC(=O)c1cccnc1. The highest BCUT2D eigenvalue weighted by Gasteiger charge is 2.19. The molecule has 32 heavy (non-hydrogen) atoms. The Morgan fingerprint density at radius 2 is 1.94 bits per heavy atom. The summed E-state index contributed by atoms with van der Waals surface area (Å²) in [7, 11) is 1.42. The normalized spacial score (nSPS) is 10.8. The summed E-state index contributed by atoms with van der Waals surface area (Å²) in [5.41, 5.74) is 8.49. The van der Waals surface area contributed by atoms with Crippen LogP contribution in [-0.4, -0.2) is 35.2 Å². The zero-order chi connectivity index (χ0) is 23.3. The van der Waals surface area contributed by atoms with E-state index < -0.39 is 11.9 Å². The number of rotatable bonds is 6. The molecule has 12 heteroatoms. The first-order valence-electron chi connectivity index (χ1n) is 8.75. The average Bonchev–Trinajstić information content (AvgIpc) is 2.81. The molecule has 0 aliphatic heterocycles. The van der Waals surface area contributed by atoms with Crippen molar-refractivity contribution in [2.24, 2.45) is 5.10 Å². The van der Waals surface area contributed by atoms with Gasteiger partial charge in [-0.1, -0.05) is 34.8 Å². The molecule has 0 unspecified atom stereocenters. The minimum Gasteiger partial charge on any atom is -0.493 e. The molecule has 0 saturated carbocycles. The van der Waals surface area contributed by atoms with Gasteiger partial charge in [-0.25, -0.2) is 15.2 Å². The molecule has 0 radical (unpaired) electrons. The average molecular weight is 495 g/mol. The molecule has 0 saturated heterocycles. The number of nitrogens with one attached hydrogen (secondary N) is 1. The van der Waals surface area contributed by atoms with Gasteiger partial charge in [0.1, 0.15) is 5.02 Å². The molecule has 164 valence electrons. The second kappa shape index (κ2) is 10.3. The number of anilines is 1. The number of esters is 1. The zero-order valence-corrected chi connectivity index (χ0v) is 18.6. The number of nitrogen functional groups attached to an aromatic ring is 1. The number of benzene rings is 1. The molecule has 3 N–H and O–H groups in total. The Bertz CT molecular complexity index is 1210. The minimum atomic E-state index is -0.745. The number of aromatic nitrogens is 2. The molecular weight excluding hydrogens is 481 g/mol. The highest BCUT2D eigenvalue weighted by atomic mass is 35.5. The lowest BCUT2D eigenvalue weighted by Crippen LogP contribution is -2.20. The molecule has 2 heterocycles. The molecule has 1 amide bonds. The number of halogens is 3. The Labute approximate surface area is 197 Å². The molecule has 0 aliphatic carbocycles. The Morgan fingerprint density at radius 3 is 2.62 bits per heavy atom. The van der Waals surface area contributed by atoms with Gasteiger partial charge in [0.2, 0.25) is 0 Å². The summed E-state index contributed by atoms with van der Waals surface area (Å²) < 4.78 is 10.6. The number of methoxy groups -OCH3 is 1. The number of nitrogens with two attached hydrogens (primary N) is 1. The number of ether oxygens (including phenoxy) is 2. The topological polar surface area (TPSA) is 129 Å². The van der Waals surface area contributed by atoms with Gasteiger partial charge >= 0.3 is 5.97 Å². The van der Waals surface area contributed by atoms with Crippen molar-refractivity contribution in [1.29, 1.82) is 0 Å². The maximum atomic E-state index is 12.3. The van der Waals surface area contributed by atoms with Crippen LogP contribution in [0.2, 0.25) is 15.2 Å². The smallest absolute Gasteiger partial charge is 0.345 e. The van der Waals surface area contributed by atoms with Crippen LogP contribution in [-0.2, 0) is 0 Å². The molecule has 0 atom stereocenters. The predicted molar refractivity (Wildman–Crippen MR) is 121 cm³/mol. The van der Waals surface area contributed by atoms with Gasteiger partial charge < -0.3 is 15.2 Å². The van der Waals surface area contributed by atoms with E-state index in [1.165, 1.54) is 25.6 Å². The van der Waals surface area contributed by atoms with E-state index in [2.05, 4.69) is 20.5 Å². The number of carbonyl (C=O) groups is 2. The monoisotopic (exact) mass is 493 g/mol. The first-order valence-corrected chi connectivity index (χ1v) is 9.88. The first-order chi connectivity index (χ1) is 15.3. The molecule has 0 fully saturated rings. The molecular formula is C20H14Cl3N5O4. The Kier molecular flexibility index (Phi) is 7.47. The van der Waals surface area contributed by atoms with E-state index in [4.69, 9.17) is 50.0 Å². The van der Waals surface area contributed by atoms with Crippen molar-refractivity contribution in [3.63, 3.8) is 0 Å². The summed E-state index contributed by atoms with van der Waals surface area (Å²) in [4.78, 5) is 32.2. The second-order valence-corrected chi connectivity index (χ2v) is 7.15. The number of nitrogens with zero attached hydrogens (tertiary/aromatic N) is 3. The van der Waals surface area contributed by atoms with Crippen LogP contribution in [0.4, 0.5) is 5.69 Å². The predicted octanol–water partition coefficient (Wildman–Crippen LogP) is 4.01. The van der Waals surface area contributed by atoms with Crippen LogP contribution in [0.1, 0.15) is 26.4 Å². The van der Waals surface area contributed by atoms with E-state index >= 15 is 0 Å². The molecule has 2 aromatic heterocycles. The lowest BCUT2D eigenvalue weighted by atomic mass is 10.2. The van der Waals surface area contributed by atoms with Crippen LogP contribution >= 0.6 is 34.8 Å². The molecule has 0 spiro atoms. The van der Waals surface area contributed by atoms with E-state index in [1.807, 2.05) is 0 Å². The van der Waals surface area contributed by atoms with E-state index in [9.17, 15) is 9.59 Å². The quantitative estimate of drug-likeness (QED) is 0.174. The number of hydrogen-bond donors (Lipinski definition) is 2. The van der Waals surface area contributed by atoms with Crippen LogP contribution in [0.25, 0.3) is 0 Å². The highest BCUT2D eigenvalue weighted by Crippen LogP contribution is 2.34. The summed E-state index contributed by atoms with van der Waals surface area (Å²) >= 11 is 17.7. The molecule has 3 aromatic rings. The fourth-order valence-corrected chi connectivity index (χ4v) is 2.99. The van der Waals surface area contributed by atoms with Crippen molar-refractivity contribution in [1.82, 2.24) is 15.4 Å². The number of amides is 1. The molecule has 0 aliphatic rings. The zero-order valence-electron chi connectivity index (χ0n) is 16.3. The number of carbonyl (C=O) groups excluding carboxylic acids is 2. The lowest BCUT2D eigenvalue weighted by Gasteiger charge is -2.10. The molecule has 0 bridgehead atoms. The van der Waals surface area contributed by atoms with Crippen molar-refractivity contribution in [3.8, 4) is 11.5 Å². The number of hydrogen-bond acceptors (Lipinski definition) is 8. The van der Waals surface area contributed by atoms with Gasteiger partial charge in [0.15, 0.2) is 22.3 Å². The largest absolute Gasteiger partial charge is 0.493 e. The van der Waals surface area contributed by atoms with Crippen molar-refractivity contribution in [3.05, 3.63) is 74.7 Å². The van der Waals surface area contributed by atoms with E-state index in [-0.39, 0.29) is 43.6 Å². The van der Waals surface area contributed by atoms with E-state index in [0.29, 0.717) is 5.56 Å². The van der Waals surface area contributed by atoms with Crippen LogP contribution in [0, 0.1) is 0 Å². The van der Waals surface area contributed by atoms with Gasteiger partial charge in [0.05, 0.1) is 29.6 Å². The first kappa shape index (κ1) is 23.3. The van der Waals surface area contributed by atoms with E-state index in [1.54, 1.807) is 30.5 Å². The van der Waals surface area contributed by atoms with Crippen LogP contribution < -0.4 is 20.6 Å². The van der Waals surface area contributed by atoms with Gasteiger partial charge in [-0.3, -0.25) is 9.78 Å². The van der Waals surface area contributed by atoms with Gasteiger partial charge in [-0.05, 0) is 35.9 Å². The summed E-state index contributed by atoms with van der Waals surface area (Å²) in [5, 5.41) is 3.49. The van der Waals surface area contributed by atoms with Crippen molar-refractivity contribution < 1.29 is 19.1 Å². The van der Waals surface area contributed by atoms with Crippen LogP contribution in [0.3, 0.4) is 0 Å². The lowest BCUT2D eigenvalue weighted by molar-refractivity contribution is 0.0729. The summed E-state index contributed by atoms with van der Waals surface area (Å²) in [6, 6.07) is 7.88. The Hall–Kier alpha value is -3.40. The van der Waals surface area contributed by atoms with Gasteiger partial charge in [-0.15, -0.1) is 0 Å². The van der Waals surface area contributed by atoms with Crippen molar-refractivity contribution >= 4 is 58.6 Å². The van der Waals surface area contributed by atoms with Crippen molar-refractivity contribution in [2.75, 3.05) is 12.8 Å².